The van der Waals surface area contributed by atoms with Crippen LogP contribution in [0.15, 0.2) is 12.4 Å². The van der Waals surface area contributed by atoms with Gasteiger partial charge in [-0.05, 0) is 26.7 Å². The Kier molecular flexibility index (Phi) is 3.88. The molecule has 16 heavy (non-hydrogen) atoms. The van der Waals surface area contributed by atoms with Crippen molar-refractivity contribution >= 4 is 0 Å². The molecule has 1 unspecified atom stereocenters. The summed E-state index contributed by atoms with van der Waals surface area (Å²) in [5.41, 5.74) is 0.969. The van der Waals surface area contributed by atoms with Crippen LogP contribution in [0.1, 0.15) is 49.6 Å². The summed E-state index contributed by atoms with van der Waals surface area (Å²) in [6.45, 7) is 5.91. The molecule has 1 aromatic heterocycles. The van der Waals surface area contributed by atoms with Crippen LogP contribution in [0.4, 0.5) is 0 Å². The number of hydrogen-bond donors (Lipinski definition) is 0. The molecule has 0 N–H and O–H groups in total. The highest BCUT2D eigenvalue weighted by atomic mass is 16.5. The van der Waals surface area contributed by atoms with Gasteiger partial charge in [0.1, 0.15) is 5.82 Å². The second kappa shape index (κ2) is 5.39. The SMILES string of the molecule is [CH2]C(OC1CCCCC1)c1cnc(C)nc1. The number of rotatable bonds is 3. The molecule has 3 nitrogen and oxygen atoms in total. The summed E-state index contributed by atoms with van der Waals surface area (Å²) in [5, 5.41) is 0. The highest BCUT2D eigenvalue weighted by Crippen LogP contribution is 2.25. The number of aromatic nitrogens is 2. The molecule has 0 aromatic carbocycles. The molecule has 87 valence electrons. The lowest BCUT2D eigenvalue weighted by atomic mass is 9.97. The lowest BCUT2D eigenvalue weighted by Gasteiger charge is -2.25. The predicted octanol–water partition coefficient (Wildman–Crippen LogP) is 3.01. The Morgan fingerprint density at radius 3 is 2.50 bits per heavy atom. The number of nitrogens with zero attached hydrogens (tertiary/aromatic N) is 2. The fourth-order valence-electron chi connectivity index (χ4n) is 2.08. The molecule has 0 bridgehead atoms. The van der Waals surface area contributed by atoms with Gasteiger partial charge < -0.3 is 4.74 Å². The topological polar surface area (TPSA) is 35.0 Å². The van der Waals surface area contributed by atoms with Crippen LogP contribution in [-0.4, -0.2) is 16.1 Å². The Labute approximate surface area is 97.3 Å². The Morgan fingerprint density at radius 2 is 1.88 bits per heavy atom. The first-order valence-electron chi connectivity index (χ1n) is 6.03. The van der Waals surface area contributed by atoms with Crippen LogP contribution in [0.25, 0.3) is 0 Å². The van der Waals surface area contributed by atoms with E-state index in [2.05, 4.69) is 16.9 Å². The third-order valence-electron chi connectivity index (χ3n) is 3.08. The van der Waals surface area contributed by atoms with E-state index < -0.39 is 0 Å². The Bertz CT molecular complexity index is 317. The minimum absolute atomic E-state index is 0.135. The summed E-state index contributed by atoms with van der Waals surface area (Å²) in [6, 6.07) is 0. The lowest BCUT2D eigenvalue weighted by molar-refractivity contribution is -0.00997. The van der Waals surface area contributed by atoms with Gasteiger partial charge in [0, 0.05) is 18.0 Å². The summed E-state index contributed by atoms with van der Waals surface area (Å²) in [7, 11) is 0. The maximum Gasteiger partial charge on any atom is 0.125 e. The molecule has 1 radical (unpaired) electrons. The van der Waals surface area contributed by atoms with Gasteiger partial charge in [0.2, 0.25) is 0 Å². The van der Waals surface area contributed by atoms with Crippen molar-refractivity contribution in [2.45, 2.75) is 51.2 Å². The summed E-state index contributed by atoms with van der Waals surface area (Å²) in [5.74, 6) is 0.786. The first-order valence-corrected chi connectivity index (χ1v) is 6.03. The zero-order valence-electron chi connectivity index (χ0n) is 9.85. The first kappa shape index (κ1) is 11.5. The van der Waals surface area contributed by atoms with E-state index in [-0.39, 0.29) is 6.10 Å². The third kappa shape index (κ3) is 3.01. The fraction of sp³-hybridized carbons (Fsp3) is 0.615. The van der Waals surface area contributed by atoms with Gasteiger partial charge in [0.05, 0.1) is 12.2 Å². The van der Waals surface area contributed by atoms with E-state index in [1.807, 2.05) is 19.3 Å². The smallest absolute Gasteiger partial charge is 0.125 e. The molecule has 2 rings (SSSR count). The number of aryl methyl sites for hydroxylation is 1. The van der Waals surface area contributed by atoms with Gasteiger partial charge in [0.25, 0.3) is 0 Å². The minimum Gasteiger partial charge on any atom is -0.370 e. The van der Waals surface area contributed by atoms with Crippen LogP contribution < -0.4 is 0 Å². The van der Waals surface area contributed by atoms with Crippen LogP contribution in [0.2, 0.25) is 0 Å². The van der Waals surface area contributed by atoms with Crippen molar-refractivity contribution in [2.24, 2.45) is 0 Å². The number of ether oxygens (including phenoxy) is 1. The maximum atomic E-state index is 5.93. The van der Waals surface area contributed by atoms with Gasteiger partial charge in [-0.25, -0.2) is 9.97 Å². The molecule has 1 aromatic rings. The normalized spacial score (nSPS) is 19.6. The summed E-state index contributed by atoms with van der Waals surface area (Å²) in [4.78, 5) is 8.32. The van der Waals surface area contributed by atoms with E-state index in [9.17, 15) is 0 Å². The van der Waals surface area contributed by atoms with Crippen LogP contribution in [0.3, 0.4) is 0 Å². The maximum absolute atomic E-state index is 5.93. The molecule has 1 saturated carbocycles. The van der Waals surface area contributed by atoms with E-state index in [1.54, 1.807) is 0 Å². The average molecular weight is 219 g/mol. The van der Waals surface area contributed by atoms with E-state index in [1.165, 1.54) is 32.1 Å². The zero-order valence-corrected chi connectivity index (χ0v) is 9.85. The van der Waals surface area contributed by atoms with Crippen LogP contribution in [0.5, 0.6) is 0 Å². The van der Waals surface area contributed by atoms with Gasteiger partial charge in [-0.1, -0.05) is 19.3 Å². The molecule has 1 fully saturated rings. The van der Waals surface area contributed by atoms with Crippen molar-refractivity contribution in [1.29, 1.82) is 0 Å². The Balaban J connectivity index is 1.91. The first-order chi connectivity index (χ1) is 7.75. The summed E-state index contributed by atoms with van der Waals surface area (Å²) < 4.78 is 5.93. The molecular formula is C13H19N2O. The summed E-state index contributed by atoms with van der Waals surface area (Å²) >= 11 is 0. The highest BCUT2D eigenvalue weighted by molar-refractivity contribution is 5.09. The lowest BCUT2D eigenvalue weighted by Crippen LogP contribution is -2.18. The van der Waals surface area contributed by atoms with E-state index in [0.29, 0.717) is 6.10 Å². The molecule has 1 atom stereocenters. The Hall–Kier alpha value is -0.960. The van der Waals surface area contributed by atoms with Gasteiger partial charge in [-0.15, -0.1) is 0 Å². The van der Waals surface area contributed by atoms with Crippen molar-refractivity contribution in [3.05, 3.63) is 30.7 Å². The molecular weight excluding hydrogens is 200 g/mol. The quantitative estimate of drug-likeness (QED) is 0.783. The van der Waals surface area contributed by atoms with E-state index in [4.69, 9.17) is 4.74 Å². The van der Waals surface area contributed by atoms with Crippen LogP contribution >= 0.6 is 0 Å². The highest BCUT2D eigenvalue weighted by Gasteiger charge is 2.17. The summed E-state index contributed by atoms with van der Waals surface area (Å²) in [6.07, 6.45) is 10.1. The van der Waals surface area contributed by atoms with Gasteiger partial charge in [-0.3, -0.25) is 0 Å². The predicted molar refractivity (Wildman–Crippen MR) is 62.8 cm³/mol. The van der Waals surface area contributed by atoms with Crippen molar-refractivity contribution in [3.63, 3.8) is 0 Å². The molecule has 0 aliphatic heterocycles. The fourth-order valence-corrected chi connectivity index (χ4v) is 2.08. The second-order valence-electron chi connectivity index (χ2n) is 4.45. The molecule has 1 aliphatic rings. The largest absolute Gasteiger partial charge is 0.370 e. The van der Waals surface area contributed by atoms with Crippen molar-refractivity contribution in [3.8, 4) is 0 Å². The van der Waals surface area contributed by atoms with Gasteiger partial charge in [0.15, 0.2) is 0 Å². The third-order valence-corrected chi connectivity index (χ3v) is 3.08. The van der Waals surface area contributed by atoms with E-state index >= 15 is 0 Å². The number of hydrogen-bond acceptors (Lipinski definition) is 3. The minimum atomic E-state index is -0.135. The standard InChI is InChI=1S/C13H19N2O/c1-10(12-8-14-11(2)15-9-12)16-13-6-4-3-5-7-13/h8-10,13H,1,3-7H2,2H3. The second-order valence-corrected chi connectivity index (χ2v) is 4.45. The average Bonchev–Trinajstić information content (AvgIpc) is 2.31. The van der Waals surface area contributed by atoms with Crippen molar-refractivity contribution in [1.82, 2.24) is 9.97 Å². The van der Waals surface area contributed by atoms with Gasteiger partial charge >= 0.3 is 0 Å². The van der Waals surface area contributed by atoms with E-state index in [0.717, 1.165) is 11.4 Å². The van der Waals surface area contributed by atoms with Gasteiger partial charge in [-0.2, -0.15) is 0 Å². The molecule has 3 heteroatoms. The van der Waals surface area contributed by atoms with Crippen LogP contribution in [-0.2, 0) is 4.74 Å². The molecule has 1 aliphatic carbocycles. The molecule has 0 saturated heterocycles. The monoisotopic (exact) mass is 219 g/mol. The molecule has 0 spiro atoms. The molecule has 0 amide bonds. The van der Waals surface area contributed by atoms with Crippen molar-refractivity contribution in [2.75, 3.05) is 0 Å². The Morgan fingerprint density at radius 1 is 1.25 bits per heavy atom. The van der Waals surface area contributed by atoms with Crippen LogP contribution in [0, 0.1) is 13.8 Å². The van der Waals surface area contributed by atoms with Crippen molar-refractivity contribution < 1.29 is 4.74 Å². The zero-order chi connectivity index (χ0) is 11.4. The molecule has 1 heterocycles.